The molecule has 0 bridgehead atoms. The Morgan fingerprint density at radius 2 is 2.16 bits per heavy atom. The van der Waals surface area contributed by atoms with Crippen molar-refractivity contribution in [3.05, 3.63) is 33.9 Å². The molecule has 1 N–H and O–H groups in total. The Labute approximate surface area is 112 Å². The Hall–Kier alpha value is -1.62. The van der Waals surface area contributed by atoms with Crippen LogP contribution in [-0.2, 0) is 0 Å². The van der Waals surface area contributed by atoms with E-state index in [9.17, 15) is 10.1 Å². The van der Waals surface area contributed by atoms with E-state index in [-0.39, 0.29) is 10.6 Å². The molecule has 1 heterocycles. The van der Waals surface area contributed by atoms with Crippen LogP contribution in [0.3, 0.4) is 0 Å². The molecule has 1 saturated heterocycles. The largest absolute Gasteiger partial charge is 0.381 e. The monoisotopic (exact) mass is 261 g/mol. The Balaban J connectivity index is 1.65. The zero-order valence-electron chi connectivity index (χ0n) is 11.1. The lowest BCUT2D eigenvalue weighted by atomic mass is 10.1. The van der Waals surface area contributed by atoms with E-state index in [1.807, 2.05) is 13.0 Å². The quantitative estimate of drug-likeness (QED) is 0.668. The van der Waals surface area contributed by atoms with E-state index in [0.717, 1.165) is 30.3 Å². The summed E-state index contributed by atoms with van der Waals surface area (Å²) in [6.45, 7) is 4.19. The van der Waals surface area contributed by atoms with Crippen LogP contribution in [-0.4, -0.2) is 35.0 Å². The summed E-state index contributed by atoms with van der Waals surface area (Å²) in [5, 5.41) is 14.2. The number of hydrogen-bond acceptors (Lipinski definition) is 4. The standard InChI is InChI=1S/C14H19N3O2/c1-10-8-13(17(18)19)4-5-14(10)15-11-6-7-16(9-11)12-2-3-12/h4-5,8,11-12,15H,2-3,6-7,9H2,1H3. The Kier molecular flexibility index (Phi) is 3.14. The van der Waals surface area contributed by atoms with E-state index in [2.05, 4.69) is 10.2 Å². The maximum Gasteiger partial charge on any atom is 0.269 e. The van der Waals surface area contributed by atoms with E-state index < -0.39 is 0 Å². The van der Waals surface area contributed by atoms with Crippen LogP contribution in [0.4, 0.5) is 11.4 Å². The summed E-state index contributed by atoms with van der Waals surface area (Å²) < 4.78 is 0. The fourth-order valence-corrected chi connectivity index (χ4v) is 2.82. The van der Waals surface area contributed by atoms with Crippen molar-refractivity contribution in [1.82, 2.24) is 4.90 Å². The van der Waals surface area contributed by atoms with Crippen molar-refractivity contribution in [2.75, 3.05) is 18.4 Å². The minimum atomic E-state index is -0.346. The van der Waals surface area contributed by atoms with Crippen molar-refractivity contribution in [2.45, 2.75) is 38.3 Å². The highest BCUT2D eigenvalue weighted by Gasteiger charge is 2.34. The highest BCUT2D eigenvalue weighted by molar-refractivity contribution is 5.56. The van der Waals surface area contributed by atoms with Crippen LogP contribution in [0.1, 0.15) is 24.8 Å². The molecule has 1 atom stereocenters. The fraction of sp³-hybridized carbons (Fsp3) is 0.571. The molecule has 1 saturated carbocycles. The lowest BCUT2D eigenvalue weighted by Crippen LogP contribution is -2.27. The first-order valence-electron chi connectivity index (χ1n) is 6.89. The van der Waals surface area contributed by atoms with Gasteiger partial charge < -0.3 is 5.32 Å². The predicted octanol–water partition coefficient (Wildman–Crippen LogP) is 2.55. The van der Waals surface area contributed by atoms with Gasteiger partial charge in [-0.05, 0) is 37.8 Å². The van der Waals surface area contributed by atoms with E-state index in [1.54, 1.807) is 12.1 Å². The number of nitro benzene ring substituents is 1. The maximum atomic E-state index is 10.7. The number of benzene rings is 1. The number of non-ortho nitro benzene ring substituents is 1. The first-order valence-corrected chi connectivity index (χ1v) is 6.89. The highest BCUT2D eigenvalue weighted by atomic mass is 16.6. The summed E-state index contributed by atoms with van der Waals surface area (Å²) >= 11 is 0. The molecule has 5 nitrogen and oxygen atoms in total. The van der Waals surface area contributed by atoms with E-state index in [4.69, 9.17) is 0 Å². The number of nitrogens with one attached hydrogen (secondary N) is 1. The molecular formula is C14H19N3O2. The molecule has 2 aliphatic rings. The van der Waals surface area contributed by atoms with Crippen molar-refractivity contribution < 1.29 is 4.92 Å². The Morgan fingerprint density at radius 1 is 1.37 bits per heavy atom. The second-order valence-corrected chi connectivity index (χ2v) is 5.61. The first kappa shape index (κ1) is 12.4. The van der Waals surface area contributed by atoms with Gasteiger partial charge in [-0.25, -0.2) is 0 Å². The van der Waals surface area contributed by atoms with Gasteiger partial charge in [0.1, 0.15) is 0 Å². The third kappa shape index (κ3) is 2.71. The van der Waals surface area contributed by atoms with Crippen molar-refractivity contribution >= 4 is 11.4 Å². The van der Waals surface area contributed by atoms with Crippen molar-refractivity contribution in [1.29, 1.82) is 0 Å². The van der Waals surface area contributed by atoms with E-state index in [0.29, 0.717) is 6.04 Å². The third-order valence-electron chi connectivity index (χ3n) is 4.06. The second-order valence-electron chi connectivity index (χ2n) is 5.61. The molecule has 3 rings (SSSR count). The van der Waals surface area contributed by atoms with E-state index >= 15 is 0 Å². The van der Waals surface area contributed by atoms with Crippen LogP contribution in [0.5, 0.6) is 0 Å². The summed E-state index contributed by atoms with van der Waals surface area (Å²) in [6, 6.07) is 6.33. The molecule has 1 aliphatic carbocycles. The number of rotatable bonds is 4. The smallest absolute Gasteiger partial charge is 0.269 e. The number of aryl methyl sites for hydroxylation is 1. The summed E-state index contributed by atoms with van der Waals surface area (Å²) in [5.41, 5.74) is 2.13. The molecule has 1 aliphatic heterocycles. The number of hydrogen-bond donors (Lipinski definition) is 1. The average molecular weight is 261 g/mol. The summed E-state index contributed by atoms with van der Waals surface area (Å²) in [7, 11) is 0. The molecule has 5 heteroatoms. The van der Waals surface area contributed by atoms with Gasteiger partial charge in [-0.2, -0.15) is 0 Å². The molecule has 2 fully saturated rings. The summed E-state index contributed by atoms with van der Waals surface area (Å²) in [6.07, 6.45) is 3.86. The lowest BCUT2D eigenvalue weighted by molar-refractivity contribution is -0.384. The zero-order chi connectivity index (χ0) is 13.4. The van der Waals surface area contributed by atoms with Crippen molar-refractivity contribution in [3.63, 3.8) is 0 Å². The van der Waals surface area contributed by atoms with Gasteiger partial charge in [0.25, 0.3) is 5.69 Å². The van der Waals surface area contributed by atoms with Gasteiger partial charge in [0.15, 0.2) is 0 Å². The van der Waals surface area contributed by atoms with Gasteiger partial charge in [0.05, 0.1) is 4.92 Å². The lowest BCUT2D eigenvalue weighted by Gasteiger charge is -2.17. The first-order chi connectivity index (χ1) is 9.13. The number of nitrogens with zero attached hydrogens (tertiary/aromatic N) is 2. The maximum absolute atomic E-state index is 10.7. The minimum Gasteiger partial charge on any atom is -0.381 e. The molecule has 1 unspecified atom stereocenters. The van der Waals surface area contributed by atoms with Crippen molar-refractivity contribution in [3.8, 4) is 0 Å². The van der Waals surface area contributed by atoms with Crippen LogP contribution in [0, 0.1) is 17.0 Å². The number of likely N-dealkylation sites (tertiary alicyclic amines) is 1. The summed E-state index contributed by atoms with van der Waals surface area (Å²) in [4.78, 5) is 12.9. The topological polar surface area (TPSA) is 58.4 Å². The SMILES string of the molecule is Cc1cc([N+](=O)[O-])ccc1NC1CCN(C2CC2)C1. The van der Waals surface area contributed by atoms with Gasteiger partial charge in [0.2, 0.25) is 0 Å². The van der Waals surface area contributed by atoms with Crippen LogP contribution >= 0.6 is 0 Å². The predicted molar refractivity (Wildman–Crippen MR) is 74.5 cm³/mol. The average Bonchev–Trinajstić information content (AvgIpc) is 3.12. The zero-order valence-corrected chi connectivity index (χ0v) is 11.1. The molecule has 0 amide bonds. The number of nitro groups is 1. The Morgan fingerprint density at radius 3 is 2.79 bits per heavy atom. The van der Waals surface area contributed by atoms with Gasteiger partial charge in [-0.3, -0.25) is 15.0 Å². The summed E-state index contributed by atoms with van der Waals surface area (Å²) in [5.74, 6) is 0. The van der Waals surface area contributed by atoms with Gasteiger partial charge in [-0.1, -0.05) is 0 Å². The van der Waals surface area contributed by atoms with Crippen LogP contribution in [0.2, 0.25) is 0 Å². The molecular weight excluding hydrogens is 242 g/mol. The second kappa shape index (κ2) is 4.81. The van der Waals surface area contributed by atoms with Gasteiger partial charge in [-0.15, -0.1) is 0 Å². The molecule has 102 valence electrons. The van der Waals surface area contributed by atoms with Gasteiger partial charge in [0, 0.05) is 43.0 Å². The molecule has 19 heavy (non-hydrogen) atoms. The molecule has 1 aromatic carbocycles. The van der Waals surface area contributed by atoms with Crippen LogP contribution < -0.4 is 5.32 Å². The normalized spacial score (nSPS) is 23.5. The third-order valence-corrected chi connectivity index (χ3v) is 4.06. The fourth-order valence-electron chi connectivity index (χ4n) is 2.82. The van der Waals surface area contributed by atoms with Crippen LogP contribution in [0.15, 0.2) is 18.2 Å². The Bertz CT molecular complexity index is 499. The van der Waals surface area contributed by atoms with Gasteiger partial charge >= 0.3 is 0 Å². The molecule has 0 spiro atoms. The molecule has 0 radical (unpaired) electrons. The molecule has 1 aromatic rings. The van der Waals surface area contributed by atoms with Crippen LogP contribution in [0.25, 0.3) is 0 Å². The van der Waals surface area contributed by atoms with Crippen molar-refractivity contribution in [2.24, 2.45) is 0 Å². The highest BCUT2D eigenvalue weighted by Crippen LogP contribution is 2.31. The minimum absolute atomic E-state index is 0.161. The molecule has 0 aromatic heterocycles. The van der Waals surface area contributed by atoms with E-state index in [1.165, 1.54) is 19.4 Å². The number of anilines is 1.